The van der Waals surface area contributed by atoms with Crippen LogP contribution in [0.4, 0.5) is 5.13 Å². The zero-order valence-corrected chi connectivity index (χ0v) is 15.7. The van der Waals surface area contributed by atoms with Crippen LogP contribution >= 0.6 is 23.1 Å². The van der Waals surface area contributed by atoms with Gasteiger partial charge < -0.3 is 5.32 Å². The molecule has 0 fully saturated rings. The quantitative estimate of drug-likeness (QED) is 0.686. The second-order valence-electron chi connectivity index (χ2n) is 5.79. The molecule has 0 spiro atoms. The molecule has 24 heavy (non-hydrogen) atoms. The van der Waals surface area contributed by atoms with Crippen molar-refractivity contribution >= 4 is 45.0 Å². The smallest absolute Gasteiger partial charge is 0.239 e. The third-order valence-corrected chi connectivity index (χ3v) is 5.63. The van der Waals surface area contributed by atoms with E-state index < -0.39 is 0 Å². The molecule has 0 aliphatic carbocycles. The molecule has 0 aliphatic heterocycles. The van der Waals surface area contributed by atoms with Gasteiger partial charge in [-0.25, -0.2) is 9.97 Å². The van der Waals surface area contributed by atoms with Crippen LogP contribution in [-0.2, 0) is 4.79 Å². The van der Waals surface area contributed by atoms with Gasteiger partial charge in [-0.05, 0) is 44.9 Å². The fourth-order valence-corrected chi connectivity index (χ4v) is 4.05. The molecule has 1 atom stereocenters. The van der Waals surface area contributed by atoms with Crippen LogP contribution in [0.15, 0.2) is 34.7 Å². The fraction of sp³-hybridized carbons (Fsp3) is 0.278. The second kappa shape index (κ2) is 6.91. The Bertz CT molecular complexity index is 904. The lowest BCUT2D eigenvalue weighted by molar-refractivity contribution is -0.115. The van der Waals surface area contributed by atoms with Crippen LogP contribution in [0, 0.1) is 20.8 Å². The largest absolute Gasteiger partial charge is 0.301 e. The molecule has 0 radical (unpaired) electrons. The van der Waals surface area contributed by atoms with Crippen molar-refractivity contribution in [2.45, 2.75) is 38.0 Å². The van der Waals surface area contributed by atoms with E-state index in [1.54, 1.807) is 0 Å². The molecule has 1 amide bonds. The molecule has 0 saturated carbocycles. The van der Waals surface area contributed by atoms with Crippen molar-refractivity contribution in [2.24, 2.45) is 0 Å². The maximum absolute atomic E-state index is 12.3. The molecule has 0 unspecified atom stereocenters. The molecule has 3 aromatic rings. The first-order valence-electron chi connectivity index (χ1n) is 7.70. The van der Waals surface area contributed by atoms with E-state index in [-0.39, 0.29) is 11.2 Å². The van der Waals surface area contributed by atoms with Gasteiger partial charge >= 0.3 is 0 Å². The highest BCUT2D eigenvalue weighted by Gasteiger charge is 2.17. The van der Waals surface area contributed by atoms with Crippen LogP contribution in [-0.4, -0.2) is 21.1 Å². The molecule has 0 bridgehead atoms. The third-order valence-electron chi connectivity index (χ3n) is 3.74. The summed E-state index contributed by atoms with van der Waals surface area (Å²) < 4.78 is 0. The first-order valence-corrected chi connectivity index (χ1v) is 9.46. The Hall–Kier alpha value is -1.92. The summed E-state index contributed by atoms with van der Waals surface area (Å²) in [5, 5.41) is 7.21. The van der Waals surface area contributed by atoms with E-state index in [9.17, 15) is 4.79 Å². The number of thiazole rings is 1. The molecule has 1 aromatic carbocycles. The zero-order valence-electron chi connectivity index (χ0n) is 14.1. The molecule has 6 heteroatoms. The van der Waals surface area contributed by atoms with Crippen LogP contribution in [0.25, 0.3) is 10.9 Å². The SMILES string of the molecule is Cc1csc(NC(=O)[C@H](C)Sc2cc(C)c3cccc(C)c3n2)n1. The summed E-state index contributed by atoms with van der Waals surface area (Å²) in [6.45, 7) is 7.94. The minimum Gasteiger partial charge on any atom is -0.301 e. The predicted molar refractivity (Wildman–Crippen MR) is 102 cm³/mol. The maximum Gasteiger partial charge on any atom is 0.239 e. The van der Waals surface area contributed by atoms with Gasteiger partial charge in [-0.15, -0.1) is 11.3 Å². The molecule has 0 aliphatic rings. The van der Waals surface area contributed by atoms with Gasteiger partial charge in [-0.3, -0.25) is 4.79 Å². The Labute approximate surface area is 149 Å². The van der Waals surface area contributed by atoms with Crippen molar-refractivity contribution < 1.29 is 4.79 Å². The number of aryl methyl sites for hydroxylation is 3. The van der Waals surface area contributed by atoms with Crippen molar-refractivity contribution in [2.75, 3.05) is 5.32 Å². The minimum atomic E-state index is -0.248. The number of para-hydroxylation sites is 1. The highest BCUT2D eigenvalue weighted by atomic mass is 32.2. The van der Waals surface area contributed by atoms with Gasteiger partial charge in [0.25, 0.3) is 0 Å². The Balaban J connectivity index is 1.78. The first kappa shape index (κ1) is 16.9. The highest BCUT2D eigenvalue weighted by Crippen LogP contribution is 2.28. The Kier molecular flexibility index (Phi) is 4.87. The van der Waals surface area contributed by atoms with Crippen molar-refractivity contribution in [3.8, 4) is 0 Å². The number of thioether (sulfide) groups is 1. The summed E-state index contributed by atoms with van der Waals surface area (Å²) >= 11 is 2.91. The number of anilines is 1. The molecule has 2 aromatic heterocycles. The van der Waals surface area contributed by atoms with E-state index in [0.717, 1.165) is 27.2 Å². The Morgan fingerprint density at radius 2 is 2.00 bits per heavy atom. The number of fused-ring (bicyclic) bond motifs is 1. The molecular weight excluding hydrogens is 338 g/mol. The van der Waals surface area contributed by atoms with E-state index >= 15 is 0 Å². The van der Waals surface area contributed by atoms with E-state index in [2.05, 4.69) is 36.3 Å². The number of nitrogens with one attached hydrogen (secondary N) is 1. The number of carbonyl (C=O) groups is 1. The lowest BCUT2D eigenvalue weighted by atomic mass is 10.1. The number of rotatable bonds is 4. The fourth-order valence-electron chi connectivity index (χ4n) is 2.44. The Morgan fingerprint density at radius 3 is 2.71 bits per heavy atom. The van der Waals surface area contributed by atoms with Crippen LogP contribution in [0.2, 0.25) is 0 Å². The molecule has 4 nitrogen and oxygen atoms in total. The summed E-state index contributed by atoms with van der Waals surface area (Å²) in [5.74, 6) is -0.0568. The van der Waals surface area contributed by atoms with E-state index in [1.165, 1.54) is 28.7 Å². The van der Waals surface area contributed by atoms with Gasteiger partial charge in [0.2, 0.25) is 5.91 Å². The van der Waals surface area contributed by atoms with Gasteiger partial charge in [-0.1, -0.05) is 30.0 Å². The summed E-state index contributed by atoms with van der Waals surface area (Å²) in [4.78, 5) is 21.4. The topological polar surface area (TPSA) is 54.9 Å². The number of amides is 1. The number of carbonyl (C=O) groups excluding carboxylic acids is 1. The molecule has 2 heterocycles. The van der Waals surface area contributed by atoms with Gasteiger partial charge in [0.05, 0.1) is 21.5 Å². The summed E-state index contributed by atoms with van der Waals surface area (Å²) in [6.07, 6.45) is 0. The zero-order chi connectivity index (χ0) is 17.3. The maximum atomic E-state index is 12.3. The van der Waals surface area contributed by atoms with Gasteiger partial charge in [0, 0.05) is 10.8 Å². The average molecular weight is 358 g/mol. The lowest BCUT2D eigenvalue weighted by Gasteiger charge is -2.12. The molecule has 3 rings (SSSR count). The van der Waals surface area contributed by atoms with Crippen molar-refractivity contribution in [1.82, 2.24) is 9.97 Å². The van der Waals surface area contributed by atoms with E-state index in [4.69, 9.17) is 4.98 Å². The number of benzene rings is 1. The van der Waals surface area contributed by atoms with Crippen molar-refractivity contribution in [3.05, 3.63) is 46.5 Å². The van der Waals surface area contributed by atoms with Gasteiger partial charge in [0.15, 0.2) is 5.13 Å². The van der Waals surface area contributed by atoms with Crippen LogP contribution in [0.5, 0.6) is 0 Å². The number of pyridine rings is 1. The standard InChI is InChI=1S/C18H19N3OS2/c1-10-6-5-7-14-11(2)8-15(20-16(10)14)24-13(4)17(22)21-18-19-12(3)9-23-18/h5-9,13H,1-4H3,(H,19,21,22)/t13-/m0/s1. The lowest BCUT2D eigenvalue weighted by Crippen LogP contribution is -2.22. The number of hydrogen-bond donors (Lipinski definition) is 1. The summed E-state index contributed by atoms with van der Waals surface area (Å²) in [5.41, 5.74) is 4.24. The van der Waals surface area contributed by atoms with E-state index in [0.29, 0.717) is 5.13 Å². The first-order chi connectivity index (χ1) is 11.4. The summed E-state index contributed by atoms with van der Waals surface area (Å²) in [6, 6.07) is 8.24. The minimum absolute atomic E-state index is 0.0568. The number of aromatic nitrogens is 2. The molecule has 1 N–H and O–H groups in total. The van der Waals surface area contributed by atoms with Crippen molar-refractivity contribution in [1.29, 1.82) is 0 Å². The monoisotopic (exact) mass is 357 g/mol. The number of nitrogens with zero attached hydrogens (tertiary/aromatic N) is 2. The molecule has 124 valence electrons. The van der Waals surface area contributed by atoms with Gasteiger partial charge in [-0.2, -0.15) is 0 Å². The normalized spacial score (nSPS) is 12.3. The molecule has 0 saturated heterocycles. The average Bonchev–Trinajstić information content (AvgIpc) is 2.93. The van der Waals surface area contributed by atoms with Crippen LogP contribution in [0.3, 0.4) is 0 Å². The van der Waals surface area contributed by atoms with Crippen LogP contribution in [0.1, 0.15) is 23.7 Å². The summed E-state index contributed by atoms with van der Waals surface area (Å²) in [7, 11) is 0. The number of hydrogen-bond acceptors (Lipinski definition) is 5. The van der Waals surface area contributed by atoms with E-state index in [1.807, 2.05) is 31.4 Å². The van der Waals surface area contributed by atoms with Crippen molar-refractivity contribution in [3.63, 3.8) is 0 Å². The van der Waals surface area contributed by atoms with Gasteiger partial charge in [0.1, 0.15) is 0 Å². The van der Waals surface area contributed by atoms with Crippen LogP contribution < -0.4 is 5.32 Å². The highest BCUT2D eigenvalue weighted by molar-refractivity contribution is 8.00. The predicted octanol–water partition coefficient (Wildman–Crippen LogP) is 4.74. The molecular formula is C18H19N3OS2. The third kappa shape index (κ3) is 3.60. The Morgan fingerprint density at radius 1 is 1.21 bits per heavy atom. The second-order valence-corrected chi connectivity index (χ2v) is 8.01.